The molecular formula is C28H21NO5. The first kappa shape index (κ1) is 21.4. The Labute approximate surface area is 195 Å². The lowest BCUT2D eigenvalue weighted by Crippen LogP contribution is -2.14. The number of benzene rings is 4. The second kappa shape index (κ2) is 9.19. The Morgan fingerprint density at radius 2 is 1.65 bits per heavy atom. The Kier molecular flexibility index (Phi) is 5.79. The van der Waals surface area contributed by atoms with Gasteiger partial charge in [-0.05, 0) is 60.8 Å². The van der Waals surface area contributed by atoms with Crippen LogP contribution in [-0.4, -0.2) is 30.0 Å². The molecule has 0 saturated heterocycles. The molecule has 34 heavy (non-hydrogen) atoms. The number of oxazole rings is 1. The first-order chi connectivity index (χ1) is 16.6. The largest absolute Gasteiger partial charge is 0.494 e. The van der Waals surface area contributed by atoms with Crippen LogP contribution in [0.2, 0.25) is 0 Å². The lowest BCUT2D eigenvalue weighted by atomic mass is 9.99. The smallest absolute Gasteiger partial charge is 0.339 e. The summed E-state index contributed by atoms with van der Waals surface area (Å²) in [6, 6.07) is 25.3. The van der Waals surface area contributed by atoms with E-state index in [4.69, 9.17) is 13.9 Å². The summed E-state index contributed by atoms with van der Waals surface area (Å²) in [5.74, 6) is 0.209. The Hall–Kier alpha value is -4.45. The zero-order chi connectivity index (χ0) is 23.5. The molecule has 6 nitrogen and oxygen atoms in total. The monoisotopic (exact) mass is 451 g/mol. The maximum absolute atomic E-state index is 13.0. The van der Waals surface area contributed by atoms with Crippen molar-refractivity contribution >= 4 is 33.6 Å². The van der Waals surface area contributed by atoms with Gasteiger partial charge in [0.2, 0.25) is 5.89 Å². The van der Waals surface area contributed by atoms with Crippen LogP contribution >= 0.6 is 0 Å². The van der Waals surface area contributed by atoms with E-state index in [9.17, 15) is 9.59 Å². The van der Waals surface area contributed by atoms with Gasteiger partial charge in [-0.15, -0.1) is 0 Å². The first-order valence-electron chi connectivity index (χ1n) is 10.9. The zero-order valence-corrected chi connectivity index (χ0v) is 18.5. The van der Waals surface area contributed by atoms with Gasteiger partial charge in [-0.25, -0.2) is 9.78 Å². The third kappa shape index (κ3) is 4.13. The fourth-order valence-corrected chi connectivity index (χ4v) is 3.87. The van der Waals surface area contributed by atoms with E-state index >= 15 is 0 Å². The van der Waals surface area contributed by atoms with Crippen molar-refractivity contribution in [3.05, 3.63) is 96.1 Å². The number of aromatic nitrogens is 1. The van der Waals surface area contributed by atoms with E-state index in [0.29, 0.717) is 45.9 Å². The van der Waals surface area contributed by atoms with Crippen molar-refractivity contribution in [2.45, 2.75) is 6.92 Å². The molecular weight excluding hydrogens is 430 g/mol. The number of carbonyl (C=O) groups is 2. The topological polar surface area (TPSA) is 78.6 Å². The summed E-state index contributed by atoms with van der Waals surface area (Å²) in [7, 11) is 0. The first-order valence-corrected chi connectivity index (χ1v) is 10.9. The summed E-state index contributed by atoms with van der Waals surface area (Å²) in [4.78, 5) is 30.2. The number of rotatable bonds is 7. The van der Waals surface area contributed by atoms with Crippen molar-refractivity contribution in [2.75, 3.05) is 13.2 Å². The number of nitrogens with zero attached hydrogens (tertiary/aromatic N) is 1. The van der Waals surface area contributed by atoms with Crippen LogP contribution in [0.3, 0.4) is 0 Å². The molecule has 0 bridgehead atoms. The molecule has 0 unspecified atom stereocenters. The minimum absolute atomic E-state index is 0.296. The number of carbonyl (C=O) groups excluding carboxylic acids is 2. The molecule has 4 aromatic carbocycles. The number of ketones is 1. The zero-order valence-electron chi connectivity index (χ0n) is 18.5. The third-order valence-electron chi connectivity index (χ3n) is 5.47. The van der Waals surface area contributed by atoms with E-state index in [1.165, 1.54) is 0 Å². The van der Waals surface area contributed by atoms with E-state index in [1.54, 1.807) is 36.4 Å². The SMILES string of the molecule is CCOc1ccc(C(=O)COC(=O)c2cccc3cccc(-c4nc5ccccc5o4)c23)cc1. The van der Waals surface area contributed by atoms with Gasteiger partial charge in [-0.1, -0.05) is 36.4 Å². The van der Waals surface area contributed by atoms with Crippen LogP contribution < -0.4 is 4.74 Å². The maximum Gasteiger partial charge on any atom is 0.339 e. The van der Waals surface area contributed by atoms with E-state index < -0.39 is 5.97 Å². The molecule has 1 aromatic heterocycles. The molecule has 5 aromatic rings. The summed E-state index contributed by atoms with van der Waals surface area (Å²) in [6.45, 7) is 2.07. The number of fused-ring (bicyclic) bond motifs is 2. The van der Waals surface area contributed by atoms with Crippen LogP contribution in [0.4, 0.5) is 0 Å². The highest BCUT2D eigenvalue weighted by molar-refractivity contribution is 6.10. The Bertz CT molecular complexity index is 1460. The predicted octanol–water partition coefficient (Wildman–Crippen LogP) is 6.09. The van der Waals surface area contributed by atoms with Crippen LogP contribution in [0.1, 0.15) is 27.6 Å². The van der Waals surface area contributed by atoms with Gasteiger partial charge in [0.05, 0.1) is 12.2 Å². The standard InChI is InChI=1S/C28H21NO5/c1-2-32-20-15-13-18(14-16-20)24(30)17-33-28(31)22-10-6-8-19-7-5-9-21(26(19)22)27-29-23-11-3-4-12-25(23)34-27/h3-16H,2,17H2,1H3. The summed E-state index contributed by atoms with van der Waals surface area (Å²) in [5, 5.41) is 1.50. The minimum atomic E-state index is -0.589. The van der Waals surface area contributed by atoms with E-state index in [0.717, 1.165) is 10.9 Å². The molecule has 5 rings (SSSR count). The third-order valence-corrected chi connectivity index (χ3v) is 5.47. The van der Waals surface area contributed by atoms with Crippen LogP contribution in [0.15, 0.2) is 89.3 Å². The van der Waals surface area contributed by atoms with E-state index in [2.05, 4.69) is 4.98 Å². The quantitative estimate of drug-likeness (QED) is 0.220. The van der Waals surface area contributed by atoms with Crippen LogP contribution in [-0.2, 0) is 4.74 Å². The average molecular weight is 451 g/mol. The van der Waals surface area contributed by atoms with Crippen molar-refractivity contribution < 1.29 is 23.5 Å². The molecule has 0 fully saturated rings. The fourth-order valence-electron chi connectivity index (χ4n) is 3.87. The molecule has 168 valence electrons. The van der Waals surface area contributed by atoms with Crippen molar-refractivity contribution in [1.29, 1.82) is 0 Å². The number of ether oxygens (including phenoxy) is 2. The molecule has 0 aliphatic carbocycles. The van der Waals surface area contributed by atoms with Gasteiger partial charge < -0.3 is 13.9 Å². The number of para-hydroxylation sites is 2. The lowest BCUT2D eigenvalue weighted by Gasteiger charge is -2.10. The normalized spacial score (nSPS) is 11.0. The molecule has 0 aliphatic heterocycles. The molecule has 0 spiro atoms. The molecule has 0 atom stereocenters. The van der Waals surface area contributed by atoms with Crippen LogP contribution in [0.5, 0.6) is 5.75 Å². The van der Waals surface area contributed by atoms with Crippen molar-refractivity contribution in [1.82, 2.24) is 4.98 Å². The number of hydrogen-bond acceptors (Lipinski definition) is 6. The fraction of sp³-hybridized carbons (Fsp3) is 0.107. The second-order valence-corrected chi connectivity index (χ2v) is 7.65. The molecule has 0 N–H and O–H groups in total. The van der Waals surface area contributed by atoms with E-state index in [-0.39, 0.29) is 12.4 Å². The highest BCUT2D eigenvalue weighted by Crippen LogP contribution is 2.33. The van der Waals surface area contributed by atoms with Gasteiger partial charge in [-0.3, -0.25) is 4.79 Å². The van der Waals surface area contributed by atoms with Crippen molar-refractivity contribution in [3.63, 3.8) is 0 Å². The summed E-state index contributed by atoms with van der Waals surface area (Å²) in [6.07, 6.45) is 0. The number of Topliss-reactive ketones (excluding diaryl/α,β-unsaturated/α-hetero) is 1. The minimum Gasteiger partial charge on any atom is -0.494 e. The lowest BCUT2D eigenvalue weighted by molar-refractivity contribution is 0.0476. The molecule has 0 amide bonds. The second-order valence-electron chi connectivity index (χ2n) is 7.65. The van der Waals surface area contributed by atoms with Crippen LogP contribution in [0, 0.1) is 0 Å². The van der Waals surface area contributed by atoms with Crippen molar-refractivity contribution in [3.8, 4) is 17.2 Å². The van der Waals surface area contributed by atoms with E-state index in [1.807, 2.05) is 55.5 Å². The summed E-state index contributed by atoms with van der Waals surface area (Å²) in [5.41, 5.74) is 2.86. The number of hydrogen-bond donors (Lipinski definition) is 0. The van der Waals surface area contributed by atoms with Gasteiger partial charge in [-0.2, -0.15) is 0 Å². The molecule has 0 aliphatic rings. The number of esters is 1. The van der Waals surface area contributed by atoms with Gasteiger partial charge in [0.25, 0.3) is 0 Å². The van der Waals surface area contributed by atoms with Gasteiger partial charge in [0.15, 0.2) is 18.0 Å². The predicted molar refractivity (Wildman–Crippen MR) is 129 cm³/mol. The van der Waals surface area contributed by atoms with Gasteiger partial charge in [0.1, 0.15) is 11.3 Å². The molecule has 0 radical (unpaired) electrons. The molecule has 1 heterocycles. The van der Waals surface area contributed by atoms with Crippen molar-refractivity contribution in [2.24, 2.45) is 0 Å². The Morgan fingerprint density at radius 1 is 0.882 bits per heavy atom. The van der Waals surface area contributed by atoms with Gasteiger partial charge >= 0.3 is 5.97 Å². The van der Waals surface area contributed by atoms with Gasteiger partial charge in [0, 0.05) is 16.5 Å². The summed E-state index contributed by atoms with van der Waals surface area (Å²) >= 11 is 0. The maximum atomic E-state index is 13.0. The highest BCUT2D eigenvalue weighted by atomic mass is 16.5. The summed E-state index contributed by atoms with van der Waals surface area (Å²) < 4.78 is 16.8. The molecule has 6 heteroatoms. The highest BCUT2D eigenvalue weighted by Gasteiger charge is 2.19. The Balaban J connectivity index is 1.43. The molecule has 0 saturated carbocycles. The Morgan fingerprint density at radius 3 is 2.41 bits per heavy atom. The average Bonchev–Trinajstić information content (AvgIpc) is 3.31. The van der Waals surface area contributed by atoms with Crippen LogP contribution in [0.25, 0.3) is 33.3 Å².